The number of alkyl halides is 1. The molecular formula is C12H19FN4. The van der Waals surface area contributed by atoms with Crippen molar-refractivity contribution < 1.29 is 4.39 Å². The lowest BCUT2D eigenvalue weighted by Gasteiger charge is -2.34. The summed E-state index contributed by atoms with van der Waals surface area (Å²) in [6.07, 6.45) is 5.43. The molecule has 5 heteroatoms. The Balaban J connectivity index is 1.76. The van der Waals surface area contributed by atoms with Crippen LogP contribution in [0.4, 0.5) is 4.39 Å². The summed E-state index contributed by atoms with van der Waals surface area (Å²) in [7, 11) is 0. The summed E-state index contributed by atoms with van der Waals surface area (Å²) < 4.78 is 16.7. The highest BCUT2D eigenvalue weighted by atomic mass is 19.1. The molecule has 1 aromatic rings. The summed E-state index contributed by atoms with van der Waals surface area (Å²) in [5.41, 5.74) is -1.09. The zero-order chi connectivity index (χ0) is 11.9. The van der Waals surface area contributed by atoms with Crippen LogP contribution in [-0.4, -0.2) is 32.5 Å². The summed E-state index contributed by atoms with van der Waals surface area (Å²) in [4.78, 5) is 4.19. The largest absolute Gasteiger partial charge is 0.311 e. The Morgan fingerprint density at radius 1 is 1.47 bits per heavy atom. The number of halogens is 1. The smallest absolute Gasteiger partial charge is 0.138 e. The number of nitrogens with one attached hydrogen (secondary N) is 1. The van der Waals surface area contributed by atoms with Gasteiger partial charge in [-0.2, -0.15) is 5.10 Å². The number of aromatic nitrogens is 3. The van der Waals surface area contributed by atoms with Crippen LogP contribution in [-0.2, 0) is 13.0 Å². The maximum Gasteiger partial charge on any atom is 0.138 e. The molecule has 2 unspecified atom stereocenters. The molecule has 2 fully saturated rings. The maximum atomic E-state index is 14.9. The summed E-state index contributed by atoms with van der Waals surface area (Å²) in [6, 6.07) is 0.744. The van der Waals surface area contributed by atoms with E-state index in [1.54, 1.807) is 4.68 Å². The van der Waals surface area contributed by atoms with Crippen molar-refractivity contribution >= 4 is 0 Å². The molecule has 17 heavy (non-hydrogen) atoms. The molecule has 0 radical (unpaired) electrons. The zero-order valence-electron chi connectivity index (χ0n) is 10.2. The lowest BCUT2D eigenvalue weighted by Crippen LogP contribution is -2.47. The predicted octanol–water partition coefficient (Wildman–Crippen LogP) is 1.46. The Labute approximate surface area is 101 Å². The first kappa shape index (κ1) is 11.1. The van der Waals surface area contributed by atoms with Crippen LogP contribution < -0.4 is 5.32 Å². The van der Waals surface area contributed by atoms with Crippen molar-refractivity contribution in [2.24, 2.45) is 0 Å². The molecule has 2 bridgehead atoms. The van der Waals surface area contributed by atoms with Crippen LogP contribution in [0, 0.1) is 0 Å². The second-order valence-electron chi connectivity index (χ2n) is 5.37. The molecule has 3 rings (SSSR count). The molecule has 4 nitrogen and oxygen atoms in total. The number of hydrogen-bond donors (Lipinski definition) is 1. The molecule has 2 aliphatic rings. The van der Waals surface area contributed by atoms with E-state index in [9.17, 15) is 4.39 Å². The minimum absolute atomic E-state index is 0.372. The van der Waals surface area contributed by atoms with Gasteiger partial charge in [0.2, 0.25) is 0 Å². The standard InChI is InChI=1S/C12H19FN4/c1-2-17-11(14-8-15-17)7-12(13)5-9-3-4-10(6-12)16-9/h8-10,16H,2-7H2,1H3. The maximum absolute atomic E-state index is 14.9. The minimum atomic E-state index is -1.09. The molecule has 0 spiro atoms. The quantitative estimate of drug-likeness (QED) is 0.867. The van der Waals surface area contributed by atoms with Crippen LogP contribution in [0.3, 0.4) is 0 Å². The fraction of sp³-hybridized carbons (Fsp3) is 0.833. The summed E-state index contributed by atoms with van der Waals surface area (Å²) in [6.45, 7) is 2.77. The molecule has 1 aromatic heterocycles. The van der Waals surface area contributed by atoms with Crippen molar-refractivity contribution in [3.8, 4) is 0 Å². The van der Waals surface area contributed by atoms with E-state index in [1.807, 2.05) is 6.92 Å². The van der Waals surface area contributed by atoms with Crippen LogP contribution in [0.25, 0.3) is 0 Å². The lowest BCUT2D eigenvalue weighted by molar-refractivity contribution is 0.0859. The molecule has 3 heterocycles. The lowest BCUT2D eigenvalue weighted by atomic mass is 9.86. The van der Waals surface area contributed by atoms with Crippen molar-refractivity contribution in [1.29, 1.82) is 0 Å². The number of rotatable bonds is 3. The van der Waals surface area contributed by atoms with Crippen LogP contribution in [0.2, 0.25) is 0 Å². The number of hydrogen-bond acceptors (Lipinski definition) is 3. The SMILES string of the molecule is CCn1ncnc1CC1(F)CC2CCC(C1)N2. The molecule has 2 aliphatic heterocycles. The average molecular weight is 238 g/mol. The van der Waals surface area contributed by atoms with Gasteiger partial charge in [0.05, 0.1) is 0 Å². The monoisotopic (exact) mass is 238 g/mol. The average Bonchev–Trinajstić information content (AvgIpc) is 2.85. The molecule has 0 aliphatic carbocycles. The van der Waals surface area contributed by atoms with Gasteiger partial charge < -0.3 is 5.32 Å². The Bertz CT molecular complexity index is 391. The van der Waals surface area contributed by atoms with E-state index in [1.165, 1.54) is 6.33 Å². The van der Waals surface area contributed by atoms with Crippen LogP contribution in [0.5, 0.6) is 0 Å². The van der Waals surface area contributed by atoms with Crippen molar-refractivity contribution in [2.45, 2.75) is 63.3 Å². The molecule has 0 saturated carbocycles. The second-order valence-corrected chi connectivity index (χ2v) is 5.37. The Hall–Kier alpha value is -0.970. The highest BCUT2D eigenvalue weighted by molar-refractivity contribution is 5.05. The van der Waals surface area contributed by atoms with Gasteiger partial charge in [0.15, 0.2) is 0 Å². The summed E-state index contributed by atoms with van der Waals surface area (Å²) >= 11 is 0. The van der Waals surface area contributed by atoms with E-state index >= 15 is 0 Å². The highest BCUT2D eigenvalue weighted by Crippen LogP contribution is 2.38. The fourth-order valence-corrected chi connectivity index (χ4v) is 3.31. The Morgan fingerprint density at radius 2 is 2.18 bits per heavy atom. The second kappa shape index (κ2) is 4.05. The molecule has 0 amide bonds. The van der Waals surface area contributed by atoms with Crippen molar-refractivity contribution in [3.05, 3.63) is 12.2 Å². The third-order valence-electron chi connectivity index (χ3n) is 4.03. The van der Waals surface area contributed by atoms with Crippen LogP contribution in [0.15, 0.2) is 6.33 Å². The van der Waals surface area contributed by atoms with E-state index in [0.29, 0.717) is 31.3 Å². The van der Waals surface area contributed by atoms with Crippen molar-refractivity contribution in [2.75, 3.05) is 0 Å². The molecule has 0 aromatic carbocycles. The van der Waals surface area contributed by atoms with Gasteiger partial charge in [0, 0.05) is 25.0 Å². The van der Waals surface area contributed by atoms with Gasteiger partial charge in [-0.25, -0.2) is 9.37 Å². The van der Waals surface area contributed by atoms with E-state index in [2.05, 4.69) is 15.4 Å². The van der Waals surface area contributed by atoms with E-state index in [4.69, 9.17) is 0 Å². The first-order chi connectivity index (χ1) is 8.18. The van der Waals surface area contributed by atoms with Crippen molar-refractivity contribution in [3.63, 3.8) is 0 Å². The third kappa shape index (κ3) is 2.08. The molecule has 94 valence electrons. The van der Waals surface area contributed by atoms with E-state index < -0.39 is 5.67 Å². The predicted molar refractivity (Wildman–Crippen MR) is 62.4 cm³/mol. The Kier molecular flexibility index (Phi) is 2.65. The number of piperidine rings is 1. The van der Waals surface area contributed by atoms with Gasteiger partial charge >= 0.3 is 0 Å². The summed E-state index contributed by atoms with van der Waals surface area (Å²) in [5, 5.41) is 7.58. The molecule has 2 atom stereocenters. The topological polar surface area (TPSA) is 42.7 Å². The number of nitrogens with zero attached hydrogens (tertiary/aromatic N) is 3. The van der Waals surface area contributed by atoms with Gasteiger partial charge in [-0.3, -0.25) is 4.68 Å². The normalized spacial score (nSPS) is 36.4. The fourth-order valence-electron chi connectivity index (χ4n) is 3.31. The minimum Gasteiger partial charge on any atom is -0.311 e. The molecule has 2 saturated heterocycles. The zero-order valence-corrected chi connectivity index (χ0v) is 10.2. The van der Waals surface area contributed by atoms with Gasteiger partial charge in [-0.15, -0.1) is 0 Å². The van der Waals surface area contributed by atoms with E-state index in [-0.39, 0.29) is 0 Å². The van der Waals surface area contributed by atoms with Crippen LogP contribution in [0.1, 0.15) is 38.4 Å². The van der Waals surface area contributed by atoms with Gasteiger partial charge in [0.1, 0.15) is 17.8 Å². The first-order valence-corrected chi connectivity index (χ1v) is 6.50. The van der Waals surface area contributed by atoms with E-state index in [0.717, 1.165) is 25.2 Å². The summed E-state index contributed by atoms with van der Waals surface area (Å²) in [5.74, 6) is 0.788. The number of fused-ring (bicyclic) bond motifs is 2. The van der Waals surface area contributed by atoms with Crippen LogP contribution >= 0.6 is 0 Å². The van der Waals surface area contributed by atoms with Gasteiger partial charge in [-0.1, -0.05) is 0 Å². The Morgan fingerprint density at radius 3 is 2.82 bits per heavy atom. The van der Waals surface area contributed by atoms with Gasteiger partial charge in [-0.05, 0) is 32.6 Å². The molecule has 1 N–H and O–H groups in total. The number of aryl methyl sites for hydroxylation is 1. The van der Waals surface area contributed by atoms with Gasteiger partial charge in [0.25, 0.3) is 0 Å². The molecular weight excluding hydrogens is 219 g/mol. The highest BCUT2D eigenvalue weighted by Gasteiger charge is 2.44. The van der Waals surface area contributed by atoms with Crippen molar-refractivity contribution in [1.82, 2.24) is 20.1 Å². The first-order valence-electron chi connectivity index (χ1n) is 6.50. The third-order valence-corrected chi connectivity index (χ3v) is 4.03.